The number of thiophene rings is 1. The van der Waals surface area contributed by atoms with Gasteiger partial charge >= 0.3 is 0 Å². The Bertz CT molecular complexity index is 618. The van der Waals surface area contributed by atoms with Crippen molar-refractivity contribution in [2.24, 2.45) is 11.1 Å². The van der Waals surface area contributed by atoms with E-state index in [9.17, 15) is 4.79 Å². The maximum absolute atomic E-state index is 12.9. The van der Waals surface area contributed by atoms with E-state index in [-0.39, 0.29) is 11.3 Å². The van der Waals surface area contributed by atoms with E-state index in [2.05, 4.69) is 26.8 Å². The van der Waals surface area contributed by atoms with Crippen LogP contribution in [0.2, 0.25) is 0 Å². The minimum atomic E-state index is -0.0589. The summed E-state index contributed by atoms with van der Waals surface area (Å²) in [7, 11) is 0. The summed E-state index contributed by atoms with van der Waals surface area (Å²) in [5, 5.41) is 3.03. The molecule has 3 nitrogen and oxygen atoms in total. The lowest BCUT2D eigenvalue weighted by molar-refractivity contribution is 0.0692. The normalized spacial score (nSPS) is 11.8. The zero-order chi connectivity index (χ0) is 15.5. The highest BCUT2D eigenvalue weighted by Crippen LogP contribution is 2.27. The molecule has 0 bridgehead atoms. The smallest absolute Gasteiger partial charge is 0.255 e. The van der Waals surface area contributed by atoms with Gasteiger partial charge in [0.05, 0.1) is 5.56 Å². The van der Waals surface area contributed by atoms with Crippen molar-refractivity contribution in [2.45, 2.75) is 27.2 Å². The molecule has 114 valence electrons. The molecule has 1 amide bonds. The molecule has 0 saturated heterocycles. The van der Waals surface area contributed by atoms with Crippen molar-refractivity contribution in [3.05, 3.63) is 35.2 Å². The van der Waals surface area contributed by atoms with Gasteiger partial charge in [0.2, 0.25) is 0 Å². The van der Waals surface area contributed by atoms with Crippen molar-refractivity contribution < 1.29 is 4.79 Å². The predicted molar refractivity (Wildman–Crippen MR) is 90.9 cm³/mol. The Morgan fingerprint density at radius 1 is 1.33 bits per heavy atom. The molecule has 21 heavy (non-hydrogen) atoms. The van der Waals surface area contributed by atoms with Gasteiger partial charge in [-0.3, -0.25) is 4.79 Å². The third kappa shape index (κ3) is 3.63. The monoisotopic (exact) mass is 304 g/mol. The molecule has 1 heterocycles. The topological polar surface area (TPSA) is 46.3 Å². The number of rotatable bonds is 6. The van der Waals surface area contributed by atoms with Gasteiger partial charge in [0.15, 0.2) is 0 Å². The van der Waals surface area contributed by atoms with Crippen LogP contribution in [0.5, 0.6) is 0 Å². The fourth-order valence-corrected chi connectivity index (χ4v) is 3.35. The fourth-order valence-electron chi connectivity index (χ4n) is 2.42. The van der Waals surface area contributed by atoms with Gasteiger partial charge in [-0.15, -0.1) is 11.3 Å². The molecule has 2 aromatic rings. The molecule has 2 rings (SSSR count). The van der Waals surface area contributed by atoms with E-state index in [0.29, 0.717) is 13.1 Å². The Morgan fingerprint density at radius 2 is 2.05 bits per heavy atom. The molecular weight excluding hydrogens is 280 g/mol. The van der Waals surface area contributed by atoms with Crippen LogP contribution in [0.25, 0.3) is 10.1 Å². The Kier molecular flexibility index (Phi) is 5.01. The van der Waals surface area contributed by atoms with Gasteiger partial charge in [-0.1, -0.05) is 39.0 Å². The third-order valence-corrected chi connectivity index (χ3v) is 4.63. The first-order valence-corrected chi connectivity index (χ1v) is 8.32. The Hall–Kier alpha value is -1.39. The summed E-state index contributed by atoms with van der Waals surface area (Å²) in [6, 6.07) is 8.08. The molecule has 0 spiro atoms. The molecule has 1 aromatic heterocycles. The number of hydrogen-bond acceptors (Lipinski definition) is 3. The minimum absolute atomic E-state index is 0.0589. The summed E-state index contributed by atoms with van der Waals surface area (Å²) >= 11 is 1.63. The molecule has 0 aliphatic carbocycles. The molecule has 1 aromatic carbocycles. The van der Waals surface area contributed by atoms with Crippen LogP contribution in [-0.2, 0) is 0 Å². The lowest BCUT2D eigenvalue weighted by Crippen LogP contribution is -2.42. The summed E-state index contributed by atoms with van der Waals surface area (Å²) in [6.07, 6.45) is 0.953. The zero-order valence-electron chi connectivity index (χ0n) is 13.1. The van der Waals surface area contributed by atoms with E-state index >= 15 is 0 Å². The summed E-state index contributed by atoms with van der Waals surface area (Å²) in [5.74, 6) is 0.121. The quantitative estimate of drug-likeness (QED) is 0.883. The van der Waals surface area contributed by atoms with Crippen LogP contribution in [0.15, 0.2) is 29.6 Å². The van der Waals surface area contributed by atoms with Gasteiger partial charge in [0.1, 0.15) is 0 Å². The molecule has 0 aliphatic rings. The molecule has 0 saturated carbocycles. The second kappa shape index (κ2) is 6.58. The number of carbonyl (C=O) groups is 1. The Morgan fingerprint density at radius 3 is 2.71 bits per heavy atom. The highest BCUT2D eigenvalue weighted by Gasteiger charge is 2.25. The van der Waals surface area contributed by atoms with Gasteiger partial charge in [-0.25, -0.2) is 0 Å². The summed E-state index contributed by atoms with van der Waals surface area (Å²) in [4.78, 5) is 14.8. The maximum Gasteiger partial charge on any atom is 0.255 e. The first kappa shape index (κ1) is 16.0. The number of amides is 1. The third-order valence-electron chi connectivity index (χ3n) is 3.66. The van der Waals surface area contributed by atoms with Crippen LogP contribution >= 0.6 is 11.3 Å². The average Bonchev–Trinajstić information content (AvgIpc) is 2.90. The van der Waals surface area contributed by atoms with Crippen molar-refractivity contribution in [1.29, 1.82) is 0 Å². The molecule has 0 aliphatic heterocycles. The molecule has 0 unspecified atom stereocenters. The van der Waals surface area contributed by atoms with Gasteiger partial charge < -0.3 is 10.6 Å². The zero-order valence-corrected chi connectivity index (χ0v) is 13.9. The van der Waals surface area contributed by atoms with Crippen molar-refractivity contribution in [3.8, 4) is 0 Å². The maximum atomic E-state index is 12.9. The van der Waals surface area contributed by atoms with Gasteiger partial charge in [-0.2, -0.15) is 0 Å². The molecule has 0 fully saturated rings. The molecular formula is C17H24N2OS. The van der Waals surface area contributed by atoms with Crippen molar-refractivity contribution in [3.63, 3.8) is 0 Å². The SMILES string of the molecule is CCCN(CC(C)(C)CN)C(=O)c1csc2ccccc12. The number of benzene rings is 1. The number of hydrogen-bond donors (Lipinski definition) is 1. The van der Waals surface area contributed by atoms with Crippen LogP contribution in [0.4, 0.5) is 0 Å². The van der Waals surface area contributed by atoms with Crippen molar-refractivity contribution in [2.75, 3.05) is 19.6 Å². The van der Waals surface area contributed by atoms with E-state index in [4.69, 9.17) is 5.73 Å². The molecule has 0 radical (unpaired) electrons. The largest absolute Gasteiger partial charge is 0.338 e. The van der Waals surface area contributed by atoms with Gasteiger partial charge in [-0.05, 0) is 24.4 Å². The van der Waals surface area contributed by atoms with Crippen molar-refractivity contribution in [1.82, 2.24) is 4.90 Å². The summed E-state index contributed by atoms with van der Waals surface area (Å²) in [6.45, 7) is 8.35. The van der Waals surface area contributed by atoms with Crippen LogP contribution in [-0.4, -0.2) is 30.4 Å². The first-order chi connectivity index (χ1) is 9.98. The van der Waals surface area contributed by atoms with E-state index in [0.717, 1.165) is 28.6 Å². The summed E-state index contributed by atoms with van der Waals surface area (Å²) in [5.41, 5.74) is 6.58. The fraction of sp³-hybridized carbons (Fsp3) is 0.471. The Balaban J connectivity index is 2.30. The molecule has 0 atom stereocenters. The second-order valence-electron chi connectivity index (χ2n) is 6.24. The van der Waals surface area contributed by atoms with E-state index in [1.165, 1.54) is 0 Å². The highest BCUT2D eigenvalue weighted by atomic mass is 32.1. The van der Waals surface area contributed by atoms with Crippen molar-refractivity contribution >= 4 is 27.3 Å². The van der Waals surface area contributed by atoms with Crippen LogP contribution in [0.1, 0.15) is 37.6 Å². The molecule has 2 N–H and O–H groups in total. The standard InChI is InChI=1S/C17H24N2OS/c1-4-9-19(12-17(2,3)11-18)16(20)14-10-21-15-8-6-5-7-13(14)15/h5-8,10H,4,9,11-12,18H2,1-3H3. The highest BCUT2D eigenvalue weighted by molar-refractivity contribution is 7.17. The number of carbonyl (C=O) groups excluding carboxylic acids is 1. The van der Waals surface area contributed by atoms with Crippen LogP contribution < -0.4 is 5.73 Å². The van der Waals surface area contributed by atoms with Gasteiger partial charge in [0, 0.05) is 28.6 Å². The van der Waals surface area contributed by atoms with Gasteiger partial charge in [0.25, 0.3) is 5.91 Å². The number of nitrogens with two attached hydrogens (primary N) is 1. The minimum Gasteiger partial charge on any atom is -0.338 e. The lowest BCUT2D eigenvalue weighted by atomic mass is 9.92. The first-order valence-electron chi connectivity index (χ1n) is 7.44. The molecule has 4 heteroatoms. The van der Waals surface area contributed by atoms with Crippen LogP contribution in [0, 0.1) is 5.41 Å². The average molecular weight is 304 g/mol. The van der Waals surface area contributed by atoms with E-state index < -0.39 is 0 Å². The second-order valence-corrected chi connectivity index (χ2v) is 7.15. The van der Waals surface area contributed by atoms with E-state index in [1.54, 1.807) is 11.3 Å². The summed E-state index contributed by atoms with van der Waals surface area (Å²) < 4.78 is 1.16. The Labute approximate surface area is 130 Å². The van der Waals surface area contributed by atoms with Crippen LogP contribution in [0.3, 0.4) is 0 Å². The predicted octanol–water partition coefficient (Wildman–Crippen LogP) is 3.74. The lowest BCUT2D eigenvalue weighted by Gasteiger charge is -2.31. The van der Waals surface area contributed by atoms with E-state index in [1.807, 2.05) is 28.5 Å². The number of nitrogens with zero attached hydrogens (tertiary/aromatic N) is 1. The number of fused-ring (bicyclic) bond motifs is 1.